The predicted molar refractivity (Wildman–Crippen MR) is 68.0 cm³/mol. The van der Waals surface area contributed by atoms with Gasteiger partial charge in [0.25, 0.3) is 0 Å². The third kappa shape index (κ3) is 3.73. The van der Waals surface area contributed by atoms with Gasteiger partial charge < -0.3 is 5.11 Å². The van der Waals surface area contributed by atoms with Crippen molar-refractivity contribution in [2.45, 2.75) is 37.6 Å². The molecule has 0 aliphatic heterocycles. The van der Waals surface area contributed by atoms with Gasteiger partial charge in [0, 0.05) is 6.04 Å². The average Bonchev–Trinajstić information content (AvgIpc) is 2.31. The smallest absolute Gasteiger partial charge is 0.335 e. The molecule has 0 fully saturated rings. The number of rotatable bonds is 6. The quantitative estimate of drug-likeness (QED) is 0.843. The Kier molecular flexibility index (Phi) is 5.18. The van der Waals surface area contributed by atoms with Crippen molar-refractivity contribution in [1.29, 1.82) is 0 Å². The predicted octanol–water partition coefficient (Wildman–Crippen LogP) is 2.13. The number of carboxylic acid groups (broad SMARTS) is 1. The van der Waals surface area contributed by atoms with Gasteiger partial charge in [-0.1, -0.05) is 13.3 Å². The number of hydrogen-bond donors (Lipinski definition) is 2. The zero-order valence-electron chi connectivity index (χ0n) is 11.0. The van der Waals surface area contributed by atoms with E-state index in [-0.39, 0.29) is 0 Å². The van der Waals surface area contributed by atoms with Crippen LogP contribution in [0.4, 0.5) is 8.78 Å². The lowest BCUT2D eigenvalue weighted by Crippen LogP contribution is -2.33. The minimum Gasteiger partial charge on any atom is -0.478 e. The summed E-state index contributed by atoms with van der Waals surface area (Å²) in [5.74, 6) is -4.65. The van der Waals surface area contributed by atoms with E-state index >= 15 is 0 Å². The molecule has 1 atom stereocenters. The van der Waals surface area contributed by atoms with Crippen LogP contribution in [0.2, 0.25) is 0 Å². The van der Waals surface area contributed by atoms with Crippen molar-refractivity contribution in [2.75, 3.05) is 0 Å². The largest absolute Gasteiger partial charge is 0.478 e. The van der Waals surface area contributed by atoms with Crippen LogP contribution in [-0.4, -0.2) is 25.5 Å². The maximum Gasteiger partial charge on any atom is 0.335 e. The average molecular weight is 307 g/mol. The molecule has 112 valence electrons. The molecule has 0 aromatic heterocycles. The van der Waals surface area contributed by atoms with Crippen LogP contribution in [0, 0.1) is 11.6 Å². The second kappa shape index (κ2) is 6.27. The molecule has 0 saturated heterocycles. The van der Waals surface area contributed by atoms with Gasteiger partial charge in [-0.2, -0.15) is 0 Å². The van der Waals surface area contributed by atoms with Gasteiger partial charge in [-0.05, 0) is 25.5 Å². The number of nitrogens with one attached hydrogen (secondary N) is 1. The number of benzene rings is 1. The molecule has 8 heteroatoms. The molecule has 0 radical (unpaired) electrons. The highest BCUT2D eigenvalue weighted by molar-refractivity contribution is 7.89. The van der Waals surface area contributed by atoms with Gasteiger partial charge in [-0.25, -0.2) is 26.7 Å². The second-order valence-electron chi connectivity index (χ2n) is 4.39. The van der Waals surface area contributed by atoms with E-state index in [0.29, 0.717) is 25.0 Å². The Labute approximate surface area is 115 Å². The standard InChI is InChI=1S/C12H15F2NO4S/c1-3-4-7(2)15-20(18,19)10-6-8(12(16)17)5-9(13)11(10)14/h5-7,15H,3-4H2,1-2H3,(H,16,17). The third-order valence-electron chi connectivity index (χ3n) is 2.61. The molecule has 0 heterocycles. The van der Waals surface area contributed by atoms with Crippen molar-refractivity contribution in [2.24, 2.45) is 0 Å². The van der Waals surface area contributed by atoms with Gasteiger partial charge in [-0.3, -0.25) is 0 Å². The minimum atomic E-state index is -4.32. The summed E-state index contributed by atoms with van der Waals surface area (Å²) in [7, 11) is -4.32. The summed E-state index contributed by atoms with van der Waals surface area (Å²) < 4.78 is 53.0. The number of carbonyl (C=O) groups is 1. The van der Waals surface area contributed by atoms with Crippen molar-refractivity contribution in [1.82, 2.24) is 4.72 Å². The third-order valence-corrected chi connectivity index (χ3v) is 4.20. The summed E-state index contributed by atoms with van der Waals surface area (Å²) >= 11 is 0. The Bertz CT molecular complexity index is 616. The maximum absolute atomic E-state index is 13.6. The Morgan fingerprint density at radius 3 is 2.50 bits per heavy atom. The summed E-state index contributed by atoms with van der Waals surface area (Å²) in [5, 5.41) is 8.75. The summed E-state index contributed by atoms with van der Waals surface area (Å²) in [4.78, 5) is 9.76. The number of sulfonamides is 1. The molecule has 5 nitrogen and oxygen atoms in total. The Morgan fingerprint density at radius 2 is 2.00 bits per heavy atom. The molecule has 2 N–H and O–H groups in total. The second-order valence-corrected chi connectivity index (χ2v) is 6.07. The van der Waals surface area contributed by atoms with Crippen molar-refractivity contribution in [3.05, 3.63) is 29.3 Å². The van der Waals surface area contributed by atoms with Gasteiger partial charge in [0.05, 0.1) is 5.56 Å². The molecular formula is C12H15F2NO4S. The molecule has 1 aromatic carbocycles. The highest BCUT2D eigenvalue weighted by atomic mass is 32.2. The van der Waals surface area contributed by atoms with Crippen LogP contribution < -0.4 is 4.72 Å². The Balaban J connectivity index is 3.27. The fourth-order valence-corrected chi connectivity index (χ4v) is 3.09. The topological polar surface area (TPSA) is 83.5 Å². The van der Waals surface area contributed by atoms with E-state index in [1.807, 2.05) is 6.92 Å². The Morgan fingerprint density at radius 1 is 1.40 bits per heavy atom. The number of halogens is 2. The Hall–Kier alpha value is -1.54. The monoisotopic (exact) mass is 307 g/mol. The molecule has 20 heavy (non-hydrogen) atoms. The molecule has 0 saturated carbocycles. The van der Waals surface area contributed by atoms with Crippen LogP contribution in [0.3, 0.4) is 0 Å². The molecule has 1 aromatic rings. The minimum absolute atomic E-state index is 0.437. The normalized spacial score (nSPS) is 13.2. The molecule has 1 unspecified atom stereocenters. The fourth-order valence-electron chi connectivity index (χ4n) is 1.70. The van der Waals surface area contributed by atoms with E-state index in [4.69, 9.17) is 5.11 Å². The zero-order valence-corrected chi connectivity index (χ0v) is 11.8. The SMILES string of the molecule is CCCC(C)NS(=O)(=O)c1cc(C(=O)O)cc(F)c1F. The van der Waals surface area contributed by atoms with Crippen LogP contribution in [-0.2, 0) is 10.0 Å². The summed E-state index contributed by atoms with van der Waals surface area (Å²) in [6.07, 6.45) is 1.22. The lowest BCUT2D eigenvalue weighted by molar-refractivity contribution is 0.0696. The molecular weight excluding hydrogens is 292 g/mol. The van der Waals surface area contributed by atoms with Crippen molar-refractivity contribution in [3.63, 3.8) is 0 Å². The highest BCUT2D eigenvalue weighted by Crippen LogP contribution is 2.20. The molecule has 0 bridgehead atoms. The fraction of sp³-hybridized carbons (Fsp3) is 0.417. The van der Waals surface area contributed by atoms with Crippen LogP contribution in [0.25, 0.3) is 0 Å². The van der Waals surface area contributed by atoms with E-state index in [9.17, 15) is 22.0 Å². The summed E-state index contributed by atoms with van der Waals surface area (Å²) in [5.41, 5.74) is -0.632. The van der Waals surface area contributed by atoms with E-state index < -0.39 is 44.1 Å². The maximum atomic E-state index is 13.6. The van der Waals surface area contributed by atoms with Crippen molar-refractivity contribution in [3.8, 4) is 0 Å². The van der Waals surface area contributed by atoms with E-state index in [2.05, 4.69) is 4.72 Å². The molecule has 0 aliphatic carbocycles. The van der Waals surface area contributed by atoms with Gasteiger partial charge in [0.1, 0.15) is 4.90 Å². The zero-order chi connectivity index (χ0) is 15.5. The number of carboxylic acids is 1. The van der Waals surface area contributed by atoms with Gasteiger partial charge in [0.15, 0.2) is 11.6 Å². The van der Waals surface area contributed by atoms with E-state index in [1.54, 1.807) is 6.92 Å². The van der Waals surface area contributed by atoms with Crippen molar-refractivity contribution < 1.29 is 27.1 Å². The molecule has 0 spiro atoms. The lowest BCUT2D eigenvalue weighted by Gasteiger charge is -2.14. The van der Waals surface area contributed by atoms with E-state index in [1.165, 1.54) is 0 Å². The summed E-state index contributed by atoms with van der Waals surface area (Å²) in [6, 6.07) is 0.564. The lowest BCUT2D eigenvalue weighted by atomic mass is 10.2. The first-order valence-corrected chi connectivity index (χ1v) is 7.42. The van der Waals surface area contributed by atoms with Crippen LogP contribution in [0.15, 0.2) is 17.0 Å². The number of aromatic carboxylic acids is 1. The van der Waals surface area contributed by atoms with Crippen LogP contribution in [0.1, 0.15) is 37.0 Å². The first kappa shape index (κ1) is 16.5. The van der Waals surface area contributed by atoms with Crippen LogP contribution in [0.5, 0.6) is 0 Å². The first-order valence-electron chi connectivity index (χ1n) is 5.93. The number of hydrogen-bond acceptors (Lipinski definition) is 3. The van der Waals surface area contributed by atoms with Gasteiger partial charge in [0.2, 0.25) is 10.0 Å². The molecule has 0 amide bonds. The molecule has 1 rings (SSSR count). The molecule has 0 aliphatic rings. The van der Waals surface area contributed by atoms with E-state index in [0.717, 1.165) is 0 Å². The highest BCUT2D eigenvalue weighted by Gasteiger charge is 2.25. The van der Waals surface area contributed by atoms with Crippen LogP contribution >= 0.6 is 0 Å². The van der Waals surface area contributed by atoms with Gasteiger partial charge >= 0.3 is 5.97 Å². The summed E-state index contributed by atoms with van der Waals surface area (Å²) in [6.45, 7) is 3.42. The van der Waals surface area contributed by atoms with Crippen molar-refractivity contribution >= 4 is 16.0 Å². The van der Waals surface area contributed by atoms with Gasteiger partial charge in [-0.15, -0.1) is 0 Å². The first-order chi connectivity index (χ1) is 9.19.